The third kappa shape index (κ3) is 17.2. The Balaban J connectivity index is 0.000000676. The van der Waals surface area contributed by atoms with Crippen molar-refractivity contribution in [1.82, 2.24) is 40.8 Å². The van der Waals surface area contributed by atoms with Gasteiger partial charge < -0.3 is 30.6 Å². The van der Waals surface area contributed by atoms with Gasteiger partial charge in [0.05, 0.1) is 5.69 Å². The van der Waals surface area contributed by atoms with Crippen LogP contribution in [0.15, 0.2) is 24.3 Å². The maximum Gasteiger partial charge on any atom is 3.00 e. The summed E-state index contributed by atoms with van der Waals surface area (Å²) in [6, 6.07) is 8.50. The van der Waals surface area contributed by atoms with Crippen LogP contribution in [0.5, 0.6) is 0 Å². The first-order valence-corrected chi connectivity index (χ1v) is 18.9. The van der Waals surface area contributed by atoms with E-state index in [0.717, 1.165) is 39.9 Å². The van der Waals surface area contributed by atoms with E-state index >= 15 is 0 Å². The summed E-state index contributed by atoms with van der Waals surface area (Å²) in [6.07, 6.45) is 0. The van der Waals surface area contributed by atoms with Crippen LogP contribution in [0.25, 0.3) is 0 Å². The van der Waals surface area contributed by atoms with E-state index in [1.807, 2.05) is 0 Å². The minimum Gasteiger partial charge on any atom is -0.578 e. The third-order valence-electron chi connectivity index (χ3n) is 8.38. The summed E-state index contributed by atoms with van der Waals surface area (Å²) in [4.78, 5) is 0. The Hall–Kier alpha value is -1.91. The molecular weight excluding hydrogens is 808 g/mol. The summed E-state index contributed by atoms with van der Waals surface area (Å²) in [5.74, 6) is 0. The molecule has 0 saturated carbocycles. The number of nitrogens with zero attached hydrogens (tertiary/aromatic N) is 7. The predicted molar refractivity (Wildman–Crippen MR) is 221 cm³/mol. The molecule has 305 valence electrons. The molecule has 4 rings (SSSR count). The monoisotopic (exact) mass is 884 g/mol. The topological polar surface area (TPSA) is 110 Å². The summed E-state index contributed by atoms with van der Waals surface area (Å²) in [5.41, 5.74) is 9.78. The first-order chi connectivity index (χ1) is 22.8. The number of nitrogens with one attached hydrogen (secondary N) is 1. The fraction of sp³-hybridized carbons (Fsp3) is 0.727. The van der Waals surface area contributed by atoms with Gasteiger partial charge in [-0.15, -0.1) is 17.1 Å². The number of aromatic amines is 1. The molecule has 0 aromatic carbocycles. The Labute approximate surface area is 355 Å². The zero-order valence-electron chi connectivity index (χ0n) is 38.2. The van der Waals surface area contributed by atoms with E-state index in [-0.39, 0.29) is 80.6 Å². The van der Waals surface area contributed by atoms with Gasteiger partial charge in [0, 0.05) is 49.9 Å². The van der Waals surface area contributed by atoms with Crippen molar-refractivity contribution in [2.75, 3.05) is 0 Å². The van der Waals surface area contributed by atoms with Gasteiger partial charge in [-0.3, -0.25) is 5.10 Å². The third-order valence-corrected chi connectivity index (χ3v) is 8.38. The molecule has 53 heavy (non-hydrogen) atoms. The van der Waals surface area contributed by atoms with Gasteiger partial charge in [-0.05, 0) is 22.3 Å². The molecule has 9 heteroatoms. The molecule has 4 aromatic heterocycles. The molecule has 0 bridgehead atoms. The molecule has 0 fully saturated rings. The van der Waals surface area contributed by atoms with Crippen molar-refractivity contribution in [1.29, 1.82) is 0 Å². The van der Waals surface area contributed by atoms with Crippen LogP contribution in [0.1, 0.15) is 212 Å². The van der Waals surface area contributed by atoms with E-state index in [0.29, 0.717) is 0 Å². The molecular formula is C44H77ErN8. The van der Waals surface area contributed by atoms with Gasteiger partial charge in [0.15, 0.2) is 0 Å². The molecule has 0 amide bonds. The fourth-order valence-corrected chi connectivity index (χ4v) is 4.17. The van der Waals surface area contributed by atoms with Crippen molar-refractivity contribution in [2.45, 2.75) is 209 Å². The van der Waals surface area contributed by atoms with Crippen molar-refractivity contribution in [3.8, 4) is 0 Å². The Bertz CT molecular complexity index is 1280. The molecule has 1 N–H and O–H groups in total. The van der Waals surface area contributed by atoms with Gasteiger partial charge in [-0.2, -0.15) is 5.10 Å². The average molecular weight is 885 g/mol. The Morgan fingerprint density at radius 2 is 0.585 bits per heavy atom. The second-order valence-corrected chi connectivity index (χ2v) is 22.5. The van der Waals surface area contributed by atoms with E-state index < -0.39 is 0 Å². The van der Waals surface area contributed by atoms with Crippen molar-refractivity contribution < 1.29 is 37.3 Å². The van der Waals surface area contributed by atoms with Crippen molar-refractivity contribution in [3.05, 3.63) is 69.8 Å². The number of H-pyrrole nitrogens is 1. The van der Waals surface area contributed by atoms with E-state index in [1.165, 1.54) is 5.69 Å². The van der Waals surface area contributed by atoms with Crippen LogP contribution in [0.4, 0.5) is 0 Å². The first kappa shape index (κ1) is 51.1. The van der Waals surface area contributed by atoms with Crippen LogP contribution in [-0.4, -0.2) is 25.5 Å². The van der Waals surface area contributed by atoms with Crippen LogP contribution < -0.4 is 15.3 Å². The summed E-state index contributed by atoms with van der Waals surface area (Å²) in [6.45, 7) is 51.9. The molecule has 0 saturated heterocycles. The smallest absolute Gasteiger partial charge is 0.578 e. The standard InChI is InChI=1S/C11H20N2.3C11H19N2.Er/c4*1-10(2,3)8-7-9(13-12-8)11(4,5)6;/h7H,1-6H3,(H,12,13);3*7H,1-6H3;/q;3*-1;+3. The average Bonchev–Trinajstić information content (AvgIpc) is 3.72. The minimum absolute atomic E-state index is 0. The van der Waals surface area contributed by atoms with Crippen LogP contribution in [0, 0.1) is 37.3 Å². The summed E-state index contributed by atoms with van der Waals surface area (Å²) < 4.78 is 0. The van der Waals surface area contributed by atoms with Crippen molar-refractivity contribution in [2.24, 2.45) is 0 Å². The second kappa shape index (κ2) is 17.9. The number of hydrogen-bond donors (Lipinski definition) is 1. The molecule has 8 nitrogen and oxygen atoms in total. The SMILES string of the molecule is CC(C)(C)c1cc(C(C)(C)C)[n-]n1.CC(C)(C)c1cc(C(C)(C)C)[n-]n1.CC(C)(C)c1cc(C(C)(C)C)[n-]n1.CC(C)(C)c1cc(C(C)(C)C)[nH]n1.[Er+3]. The van der Waals surface area contributed by atoms with Gasteiger partial charge in [0.25, 0.3) is 0 Å². The molecule has 0 aliphatic rings. The second-order valence-electron chi connectivity index (χ2n) is 22.5. The molecule has 4 aromatic rings. The van der Waals surface area contributed by atoms with Crippen LogP contribution in [0.3, 0.4) is 0 Å². The van der Waals surface area contributed by atoms with Crippen LogP contribution in [0.2, 0.25) is 0 Å². The zero-order valence-corrected chi connectivity index (χ0v) is 40.1. The Kier molecular flexibility index (Phi) is 17.3. The van der Waals surface area contributed by atoms with Crippen molar-refractivity contribution in [3.63, 3.8) is 0 Å². The molecule has 0 atom stereocenters. The van der Waals surface area contributed by atoms with Crippen LogP contribution >= 0.6 is 0 Å². The van der Waals surface area contributed by atoms with Gasteiger partial charge in [0.1, 0.15) is 0 Å². The number of rotatable bonds is 0. The van der Waals surface area contributed by atoms with Gasteiger partial charge >= 0.3 is 37.3 Å². The molecule has 0 aliphatic heterocycles. The number of aromatic nitrogens is 8. The fourth-order valence-electron chi connectivity index (χ4n) is 4.17. The summed E-state index contributed by atoms with van der Waals surface area (Å²) in [7, 11) is 0. The van der Waals surface area contributed by atoms with Gasteiger partial charge in [-0.25, -0.2) is 0 Å². The van der Waals surface area contributed by atoms with E-state index in [4.69, 9.17) is 0 Å². The summed E-state index contributed by atoms with van der Waals surface area (Å²) in [5, 5.41) is 32.7. The van der Waals surface area contributed by atoms with E-state index in [1.54, 1.807) is 0 Å². The van der Waals surface area contributed by atoms with E-state index in [2.05, 4.69) is 231 Å². The minimum atomic E-state index is 0. The Morgan fingerprint density at radius 3 is 0.698 bits per heavy atom. The number of hydrogen-bond acceptors (Lipinski definition) is 4. The van der Waals surface area contributed by atoms with Gasteiger partial charge in [0.2, 0.25) is 0 Å². The van der Waals surface area contributed by atoms with Gasteiger partial charge in [-0.1, -0.05) is 184 Å². The molecule has 0 aliphatic carbocycles. The largest absolute Gasteiger partial charge is 3.00 e. The van der Waals surface area contributed by atoms with Crippen LogP contribution in [-0.2, 0) is 43.3 Å². The maximum atomic E-state index is 4.33. The maximum absolute atomic E-state index is 4.33. The molecule has 0 spiro atoms. The van der Waals surface area contributed by atoms with Crippen molar-refractivity contribution >= 4 is 0 Å². The normalized spacial score (nSPS) is 13.1. The molecule has 0 unspecified atom stereocenters. The Morgan fingerprint density at radius 1 is 0.340 bits per heavy atom. The predicted octanol–water partition coefficient (Wildman–Crippen LogP) is 10.9. The first-order valence-electron chi connectivity index (χ1n) is 18.9. The zero-order chi connectivity index (χ0) is 41.1. The molecule has 4 heterocycles. The molecule has 1 radical (unpaired) electrons. The quantitative estimate of drug-likeness (QED) is 0.187. The van der Waals surface area contributed by atoms with E-state index in [9.17, 15) is 0 Å². The summed E-state index contributed by atoms with van der Waals surface area (Å²) >= 11 is 0.